The van der Waals surface area contributed by atoms with Gasteiger partial charge in [-0.15, -0.1) is 10.2 Å². The Labute approximate surface area is 193 Å². The highest BCUT2D eigenvalue weighted by molar-refractivity contribution is 5.89. The highest BCUT2D eigenvalue weighted by atomic mass is 16.2. The van der Waals surface area contributed by atoms with Crippen LogP contribution in [0.4, 0.5) is 10.5 Å². The molecule has 3 amide bonds. The van der Waals surface area contributed by atoms with Crippen molar-refractivity contribution in [3.8, 4) is 0 Å². The number of carbonyl (C=O) groups is 2. The van der Waals surface area contributed by atoms with E-state index in [9.17, 15) is 9.59 Å². The molecule has 2 aromatic heterocycles. The van der Waals surface area contributed by atoms with Gasteiger partial charge in [0.15, 0.2) is 5.65 Å². The van der Waals surface area contributed by atoms with Gasteiger partial charge in [-0.1, -0.05) is 24.3 Å². The lowest BCUT2D eigenvalue weighted by Crippen LogP contribution is -2.53. The highest BCUT2D eigenvalue weighted by Gasteiger charge is 2.28. The number of para-hydroxylation sites is 1. The third kappa shape index (κ3) is 4.83. The number of rotatable bonds is 4. The Morgan fingerprint density at radius 2 is 1.55 bits per heavy atom. The maximum atomic E-state index is 12.9. The van der Waals surface area contributed by atoms with Crippen molar-refractivity contribution in [2.75, 3.05) is 51.1 Å². The highest BCUT2D eigenvalue weighted by Crippen LogP contribution is 2.27. The number of amides is 3. The molecule has 0 unspecified atom stereocenters. The van der Waals surface area contributed by atoms with Crippen LogP contribution in [-0.2, 0) is 4.79 Å². The molecule has 2 saturated heterocycles. The first-order chi connectivity index (χ1) is 16.2. The van der Waals surface area contributed by atoms with Crippen LogP contribution in [0.25, 0.3) is 5.65 Å². The summed E-state index contributed by atoms with van der Waals surface area (Å²) in [4.78, 5) is 31.2. The van der Waals surface area contributed by atoms with Crippen LogP contribution < -0.4 is 5.32 Å². The first kappa shape index (κ1) is 21.4. The van der Waals surface area contributed by atoms with Crippen molar-refractivity contribution in [1.82, 2.24) is 29.3 Å². The van der Waals surface area contributed by atoms with Crippen molar-refractivity contribution in [2.45, 2.75) is 18.8 Å². The molecule has 1 aromatic carbocycles. The molecule has 4 heterocycles. The minimum absolute atomic E-state index is 0.114. The number of anilines is 1. The van der Waals surface area contributed by atoms with Gasteiger partial charge in [0.05, 0.1) is 6.54 Å². The van der Waals surface area contributed by atoms with Gasteiger partial charge in [-0.25, -0.2) is 4.79 Å². The summed E-state index contributed by atoms with van der Waals surface area (Å²) in [6.07, 6.45) is 3.95. The van der Waals surface area contributed by atoms with Crippen LogP contribution in [0.3, 0.4) is 0 Å². The first-order valence-electron chi connectivity index (χ1n) is 11.6. The number of carbonyl (C=O) groups excluding carboxylic acids is 2. The van der Waals surface area contributed by atoms with Gasteiger partial charge in [-0.2, -0.15) is 0 Å². The molecule has 1 N–H and O–H groups in total. The van der Waals surface area contributed by atoms with Gasteiger partial charge in [-0.05, 0) is 50.2 Å². The standard InChI is InChI=1S/C24H29N7O2/c32-22(29-14-16-30(17-15-29)24(33)25-20-6-2-1-3-7-20)18-28-12-9-19(10-13-28)23-27-26-21-8-4-5-11-31(21)23/h1-8,11,19H,9-10,12-18H2,(H,25,33). The number of likely N-dealkylation sites (tertiary alicyclic amines) is 1. The summed E-state index contributed by atoms with van der Waals surface area (Å²) >= 11 is 0. The van der Waals surface area contributed by atoms with Crippen molar-refractivity contribution in [1.29, 1.82) is 0 Å². The monoisotopic (exact) mass is 447 g/mol. The molecule has 0 aliphatic carbocycles. The molecular weight excluding hydrogens is 418 g/mol. The smallest absolute Gasteiger partial charge is 0.321 e. The molecule has 2 fully saturated rings. The number of piperidine rings is 1. The number of piperazine rings is 1. The van der Waals surface area contributed by atoms with Crippen molar-refractivity contribution in [3.05, 3.63) is 60.6 Å². The second-order valence-corrected chi connectivity index (χ2v) is 8.70. The second kappa shape index (κ2) is 9.58. The molecule has 3 aromatic rings. The minimum atomic E-state index is -0.114. The van der Waals surface area contributed by atoms with Crippen molar-refractivity contribution in [3.63, 3.8) is 0 Å². The molecule has 0 spiro atoms. The second-order valence-electron chi connectivity index (χ2n) is 8.70. The lowest BCUT2D eigenvalue weighted by atomic mass is 9.96. The summed E-state index contributed by atoms with van der Waals surface area (Å²) in [6, 6.07) is 15.3. The zero-order valence-electron chi connectivity index (χ0n) is 18.6. The van der Waals surface area contributed by atoms with Gasteiger partial charge >= 0.3 is 6.03 Å². The summed E-state index contributed by atoms with van der Waals surface area (Å²) in [7, 11) is 0. The van der Waals surface area contributed by atoms with Crippen molar-refractivity contribution < 1.29 is 9.59 Å². The molecule has 9 nitrogen and oxygen atoms in total. The van der Waals surface area contributed by atoms with Crippen LogP contribution in [-0.4, -0.2) is 87.0 Å². The number of aromatic nitrogens is 3. The predicted molar refractivity (Wildman–Crippen MR) is 125 cm³/mol. The fourth-order valence-corrected chi connectivity index (χ4v) is 4.66. The van der Waals surface area contributed by atoms with E-state index >= 15 is 0 Å². The van der Waals surface area contributed by atoms with Crippen molar-refractivity contribution >= 4 is 23.3 Å². The summed E-state index contributed by atoms with van der Waals surface area (Å²) in [5.74, 6) is 1.52. The quantitative estimate of drug-likeness (QED) is 0.663. The van der Waals surface area contributed by atoms with Crippen molar-refractivity contribution in [2.24, 2.45) is 0 Å². The molecular formula is C24H29N7O2. The Morgan fingerprint density at radius 3 is 2.30 bits per heavy atom. The van der Waals surface area contributed by atoms with E-state index in [1.54, 1.807) is 4.90 Å². The molecule has 0 radical (unpaired) electrons. The van der Waals surface area contributed by atoms with E-state index in [2.05, 4.69) is 24.8 Å². The number of urea groups is 1. The fraction of sp³-hybridized carbons (Fsp3) is 0.417. The molecule has 0 atom stereocenters. The van der Waals surface area contributed by atoms with E-state index in [0.29, 0.717) is 38.6 Å². The van der Waals surface area contributed by atoms with Gasteiger partial charge in [0.25, 0.3) is 0 Å². The zero-order chi connectivity index (χ0) is 22.6. The molecule has 0 saturated carbocycles. The lowest BCUT2D eigenvalue weighted by Gasteiger charge is -2.37. The molecule has 9 heteroatoms. The number of hydrogen-bond donors (Lipinski definition) is 1. The van der Waals surface area contributed by atoms with E-state index < -0.39 is 0 Å². The van der Waals surface area contributed by atoms with E-state index in [0.717, 1.165) is 43.1 Å². The third-order valence-corrected chi connectivity index (χ3v) is 6.60. The molecule has 5 rings (SSSR count). The number of fused-ring (bicyclic) bond motifs is 1. The molecule has 2 aliphatic heterocycles. The number of hydrogen-bond acceptors (Lipinski definition) is 5. The van der Waals surface area contributed by atoms with Gasteiger partial charge in [0.1, 0.15) is 5.82 Å². The van der Waals surface area contributed by atoms with E-state index in [1.807, 2.05) is 59.6 Å². The summed E-state index contributed by atoms with van der Waals surface area (Å²) in [6.45, 7) is 4.42. The lowest BCUT2D eigenvalue weighted by molar-refractivity contribution is -0.134. The van der Waals surface area contributed by atoms with Gasteiger partial charge in [0, 0.05) is 44.0 Å². The van der Waals surface area contributed by atoms with Gasteiger partial charge in [0.2, 0.25) is 5.91 Å². The number of pyridine rings is 1. The average Bonchev–Trinajstić information content (AvgIpc) is 3.29. The van der Waals surface area contributed by atoms with E-state index in [-0.39, 0.29) is 11.9 Å². The SMILES string of the molecule is O=C(CN1CCC(c2nnc3ccccn23)CC1)N1CCN(C(=O)Nc2ccccc2)CC1. The van der Waals surface area contributed by atoms with E-state index in [1.165, 1.54) is 0 Å². The van der Waals surface area contributed by atoms with Crippen LogP contribution in [0.2, 0.25) is 0 Å². The zero-order valence-corrected chi connectivity index (χ0v) is 18.6. The minimum Gasteiger partial charge on any atom is -0.338 e. The largest absolute Gasteiger partial charge is 0.338 e. The van der Waals surface area contributed by atoms with Gasteiger partial charge in [-0.3, -0.25) is 14.1 Å². The average molecular weight is 448 g/mol. The van der Waals surface area contributed by atoms with Crippen LogP contribution >= 0.6 is 0 Å². The molecule has 33 heavy (non-hydrogen) atoms. The number of nitrogens with one attached hydrogen (secondary N) is 1. The Kier molecular flexibility index (Phi) is 6.21. The van der Waals surface area contributed by atoms with E-state index in [4.69, 9.17) is 0 Å². The normalized spacial score (nSPS) is 17.9. The maximum Gasteiger partial charge on any atom is 0.321 e. The molecule has 172 valence electrons. The number of nitrogens with zero attached hydrogens (tertiary/aromatic N) is 6. The fourth-order valence-electron chi connectivity index (χ4n) is 4.66. The summed E-state index contributed by atoms with van der Waals surface area (Å²) in [5, 5.41) is 11.6. The Balaban J connectivity index is 1.07. The molecule has 2 aliphatic rings. The topological polar surface area (TPSA) is 86.1 Å². The Morgan fingerprint density at radius 1 is 0.848 bits per heavy atom. The Hall–Kier alpha value is -3.46. The summed E-state index contributed by atoms with van der Waals surface area (Å²) < 4.78 is 2.07. The third-order valence-electron chi connectivity index (χ3n) is 6.60. The maximum absolute atomic E-state index is 12.9. The summed E-state index contributed by atoms with van der Waals surface area (Å²) in [5.41, 5.74) is 1.66. The predicted octanol–water partition coefficient (Wildman–Crippen LogP) is 2.29. The number of benzene rings is 1. The van der Waals surface area contributed by atoms with Crippen LogP contribution in [0.15, 0.2) is 54.7 Å². The van der Waals surface area contributed by atoms with Crippen LogP contribution in [0.1, 0.15) is 24.6 Å². The van der Waals surface area contributed by atoms with Crippen LogP contribution in [0, 0.1) is 0 Å². The first-order valence-corrected chi connectivity index (χ1v) is 11.6. The molecule has 0 bridgehead atoms. The Bertz CT molecular complexity index is 1100. The van der Waals surface area contributed by atoms with Crippen LogP contribution in [0.5, 0.6) is 0 Å². The van der Waals surface area contributed by atoms with Gasteiger partial charge < -0.3 is 15.1 Å².